The molecule has 0 aromatic carbocycles. The fourth-order valence-electron chi connectivity index (χ4n) is 1.18. The van der Waals surface area contributed by atoms with E-state index >= 15 is 0 Å². The van der Waals surface area contributed by atoms with E-state index in [-0.39, 0.29) is 24.4 Å². The number of aliphatic carboxylic acids is 2. The average Bonchev–Trinajstić information content (AvgIpc) is 2.20. The minimum absolute atomic E-state index is 0. The van der Waals surface area contributed by atoms with Gasteiger partial charge in [0.1, 0.15) is 0 Å². The maximum atomic E-state index is 10.8. The summed E-state index contributed by atoms with van der Waals surface area (Å²) in [5, 5.41) is 17.5. The summed E-state index contributed by atoms with van der Waals surface area (Å²) < 4.78 is 0. The van der Waals surface area contributed by atoms with Gasteiger partial charge in [-0.15, -0.1) is 12.4 Å². The summed E-state index contributed by atoms with van der Waals surface area (Å²) in [7, 11) is 1.50. The number of allylic oxidation sites excluding steroid dienone is 2. The Kier molecular flexibility index (Phi) is 7.50. The molecule has 92 valence electrons. The van der Waals surface area contributed by atoms with Gasteiger partial charge in [-0.25, -0.2) is 4.79 Å². The van der Waals surface area contributed by atoms with E-state index in [9.17, 15) is 9.59 Å². The van der Waals surface area contributed by atoms with Crippen LogP contribution in [0.25, 0.3) is 0 Å². The van der Waals surface area contributed by atoms with Crippen LogP contribution >= 0.6 is 12.4 Å². The van der Waals surface area contributed by atoms with E-state index in [0.717, 1.165) is 0 Å². The van der Waals surface area contributed by atoms with Gasteiger partial charge < -0.3 is 15.9 Å². The lowest BCUT2D eigenvalue weighted by Gasteiger charge is -2.23. The first-order valence-electron chi connectivity index (χ1n) is 4.38. The van der Waals surface area contributed by atoms with Crippen LogP contribution in [-0.4, -0.2) is 29.2 Å². The minimum Gasteiger partial charge on any atom is -0.481 e. The Bertz CT molecular complexity index is 325. The van der Waals surface area contributed by atoms with E-state index in [1.165, 1.54) is 32.2 Å². The smallest absolute Gasteiger partial charge is 0.331 e. The van der Waals surface area contributed by atoms with E-state index in [2.05, 4.69) is 5.73 Å². The maximum absolute atomic E-state index is 10.8. The lowest BCUT2D eigenvalue weighted by molar-refractivity contribution is -0.145. The van der Waals surface area contributed by atoms with Crippen LogP contribution in [0.5, 0.6) is 0 Å². The second-order valence-electron chi connectivity index (χ2n) is 3.26. The zero-order chi connectivity index (χ0) is 12.1. The summed E-state index contributed by atoms with van der Waals surface area (Å²) in [6, 6.07) is 0. The van der Waals surface area contributed by atoms with E-state index < -0.39 is 17.4 Å². The quantitative estimate of drug-likeness (QED) is 0.679. The number of hydrogen-bond donors (Lipinski definition) is 3. The van der Waals surface area contributed by atoms with E-state index in [4.69, 9.17) is 10.2 Å². The molecule has 0 spiro atoms. The standard InChI is InChI=1S/C9H10O4.CH5N.ClH/c1-9(8(12)13)4-2-3-6(5-9)7(10)11;1-2;/h2-4H,5H2,1H3,(H,10,11)(H,12,13);2H2,1H3;1H. The molecule has 0 radical (unpaired) electrons. The second-order valence-corrected chi connectivity index (χ2v) is 3.26. The van der Waals surface area contributed by atoms with Crippen molar-refractivity contribution >= 4 is 24.3 Å². The first-order chi connectivity index (χ1) is 6.96. The van der Waals surface area contributed by atoms with E-state index in [0.29, 0.717) is 0 Å². The fourth-order valence-corrected chi connectivity index (χ4v) is 1.18. The van der Waals surface area contributed by atoms with Crippen molar-refractivity contribution in [3.8, 4) is 0 Å². The van der Waals surface area contributed by atoms with Gasteiger partial charge in [-0.2, -0.15) is 0 Å². The molecule has 1 aliphatic rings. The number of carbonyl (C=O) groups is 2. The second kappa shape index (κ2) is 7.03. The molecule has 1 atom stereocenters. The molecule has 16 heavy (non-hydrogen) atoms. The lowest BCUT2D eigenvalue weighted by atomic mass is 9.80. The van der Waals surface area contributed by atoms with Gasteiger partial charge >= 0.3 is 11.9 Å². The van der Waals surface area contributed by atoms with Gasteiger partial charge in [0.2, 0.25) is 0 Å². The first kappa shape index (κ1) is 17.1. The summed E-state index contributed by atoms with van der Waals surface area (Å²) in [6.07, 6.45) is 4.43. The van der Waals surface area contributed by atoms with Crippen LogP contribution in [0.2, 0.25) is 0 Å². The topological polar surface area (TPSA) is 101 Å². The van der Waals surface area contributed by atoms with Crippen LogP contribution in [0.15, 0.2) is 23.8 Å². The summed E-state index contributed by atoms with van der Waals surface area (Å²) in [5.74, 6) is -2.06. The molecular formula is C10H16ClNO4. The van der Waals surface area contributed by atoms with Crippen molar-refractivity contribution in [2.45, 2.75) is 13.3 Å². The van der Waals surface area contributed by atoms with Gasteiger partial charge in [-0.1, -0.05) is 18.2 Å². The Hall–Kier alpha value is -1.33. The van der Waals surface area contributed by atoms with E-state index in [1.807, 2.05) is 0 Å². The molecule has 4 N–H and O–H groups in total. The zero-order valence-corrected chi connectivity index (χ0v) is 9.95. The van der Waals surface area contributed by atoms with Crippen molar-refractivity contribution in [2.75, 3.05) is 7.05 Å². The van der Waals surface area contributed by atoms with Crippen molar-refractivity contribution in [3.63, 3.8) is 0 Å². The van der Waals surface area contributed by atoms with Crippen molar-refractivity contribution in [3.05, 3.63) is 23.8 Å². The molecule has 0 heterocycles. The summed E-state index contributed by atoms with van der Waals surface area (Å²) in [5.41, 5.74) is 3.55. The Labute approximate surface area is 100 Å². The molecule has 1 unspecified atom stereocenters. The highest BCUT2D eigenvalue weighted by Crippen LogP contribution is 2.31. The molecule has 1 rings (SSSR count). The Morgan fingerprint density at radius 2 is 1.88 bits per heavy atom. The number of halogens is 1. The van der Waals surface area contributed by atoms with Crippen molar-refractivity contribution < 1.29 is 19.8 Å². The van der Waals surface area contributed by atoms with Crippen LogP contribution in [0, 0.1) is 5.41 Å². The Morgan fingerprint density at radius 3 is 2.25 bits per heavy atom. The predicted molar refractivity (Wildman–Crippen MR) is 62.6 cm³/mol. The van der Waals surface area contributed by atoms with Crippen LogP contribution in [0.3, 0.4) is 0 Å². The molecule has 0 aromatic rings. The number of rotatable bonds is 2. The van der Waals surface area contributed by atoms with Crippen molar-refractivity contribution in [1.82, 2.24) is 0 Å². The highest BCUT2D eigenvalue weighted by Gasteiger charge is 2.34. The Balaban J connectivity index is 0. The molecule has 0 aliphatic heterocycles. The van der Waals surface area contributed by atoms with Crippen molar-refractivity contribution in [2.24, 2.45) is 11.1 Å². The van der Waals surface area contributed by atoms with Crippen LogP contribution in [-0.2, 0) is 9.59 Å². The number of carboxylic acids is 2. The monoisotopic (exact) mass is 249 g/mol. The van der Waals surface area contributed by atoms with Crippen LogP contribution in [0.1, 0.15) is 13.3 Å². The van der Waals surface area contributed by atoms with Gasteiger partial charge in [-0.3, -0.25) is 4.79 Å². The molecule has 0 saturated heterocycles. The lowest BCUT2D eigenvalue weighted by Crippen LogP contribution is -2.28. The molecular weight excluding hydrogens is 234 g/mol. The average molecular weight is 250 g/mol. The highest BCUT2D eigenvalue weighted by atomic mass is 35.5. The van der Waals surface area contributed by atoms with Gasteiger partial charge in [0.25, 0.3) is 0 Å². The van der Waals surface area contributed by atoms with Gasteiger partial charge in [0.15, 0.2) is 0 Å². The molecule has 1 aliphatic carbocycles. The molecule has 0 bridgehead atoms. The largest absolute Gasteiger partial charge is 0.481 e. The summed E-state index contributed by atoms with van der Waals surface area (Å²) in [6.45, 7) is 1.50. The highest BCUT2D eigenvalue weighted by molar-refractivity contribution is 5.90. The molecule has 0 fully saturated rings. The SMILES string of the molecule is CC1(C(=O)O)C=CC=C(C(=O)O)C1.CN.Cl. The Morgan fingerprint density at radius 1 is 1.38 bits per heavy atom. The molecule has 0 aromatic heterocycles. The summed E-state index contributed by atoms with van der Waals surface area (Å²) in [4.78, 5) is 21.3. The number of nitrogens with two attached hydrogens (primary N) is 1. The third-order valence-electron chi connectivity index (χ3n) is 2.08. The summed E-state index contributed by atoms with van der Waals surface area (Å²) >= 11 is 0. The number of hydrogen-bond acceptors (Lipinski definition) is 3. The van der Waals surface area contributed by atoms with Crippen LogP contribution < -0.4 is 5.73 Å². The normalized spacial score (nSPS) is 22.1. The third-order valence-corrected chi connectivity index (χ3v) is 2.08. The van der Waals surface area contributed by atoms with Gasteiger partial charge in [0, 0.05) is 5.57 Å². The predicted octanol–water partition coefficient (Wildman–Crippen LogP) is 1.04. The number of carboxylic acid groups (broad SMARTS) is 2. The fraction of sp³-hybridized carbons (Fsp3) is 0.400. The van der Waals surface area contributed by atoms with Crippen molar-refractivity contribution in [1.29, 1.82) is 0 Å². The van der Waals surface area contributed by atoms with Gasteiger partial charge in [0.05, 0.1) is 5.41 Å². The van der Waals surface area contributed by atoms with Gasteiger partial charge in [-0.05, 0) is 20.4 Å². The van der Waals surface area contributed by atoms with Crippen LogP contribution in [0.4, 0.5) is 0 Å². The molecule has 5 nitrogen and oxygen atoms in total. The molecule has 6 heteroatoms. The first-order valence-corrected chi connectivity index (χ1v) is 4.38. The zero-order valence-electron chi connectivity index (χ0n) is 9.14. The third kappa shape index (κ3) is 4.04. The minimum atomic E-state index is -1.08. The maximum Gasteiger partial charge on any atom is 0.331 e. The van der Waals surface area contributed by atoms with E-state index in [1.54, 1.807) is 0 Å². The molecule has 0 amide bonds. The molecule has 0 saturated carbocycles.